The van der Waals surface area contributed by atoms with Crippen LogP contribution < -0.4 is 5.73 Å². The van der Waals surface area contributed by atoms with E-state index in [1.165, 1.54) is 44.1 Å². The molecule has 0 aliphatic heterocycles. The van der Waals surface area contributed by atoms with E-state index in [9.17, 15) is 0 Å². The van der Waals surface area contributed by atoms with Gasteiger partial charge in [-0.15, -0.1) is 0 Å². The quantitative estimate of drug-likeness (QED) is 0.561. The van der Waals surface area contributed by atoms with Crippen molar-refractivity contribution in [3.05, 3.63) is 35.9 Å². The summed E-state index contributed by atoms with van der Waals surface area (Å²) in [6, 6.07) is 10.7. The van der Waals surface area contributed by atoms with Crippen molar-refractivity contribution in [3.8, 4) is 0 Å². The van der Waals surface area contributed by atoms with Crippen molar-refractivity contribution in [1.29, 1.82) is 0 Å². The predicted octanol–water partition coefficient (Wildman–Crippen LogP) is 5.39. The van der Waals surface area contributed by atoms with E-state index >= 15 is 0 Å². The standard InChI is InChI=1S/C18H31N/c1-3-5-6-7-8-12-16-18(19,15-4-2)17-13-10-9-11-14-17/h9-11,13-14H,3-8,12,15-16,19H2,1-2H3. The van der Waals surface area contributed by atoms with Crippen molar-refractivity contribution in [2.45, 2.75) is 77.2 Å². The zero-order valence-corrected chi connectivity index (χ0v) is 12.8. The number of nitrogens with two attached hydrogens (primary N) is 1. The fourth-order valence-corrected chi connectivity index (χ4v) is 2.85. The highest BCUT2D eigenvalue weighted by molar-refractivity contribution is 5.23. The predicted molar refractivity (Wildman–Crippen MR) is 85.2 cm³/mol. The van der Waals surface area contributed by atoms with Crippen molar-refractivity contribution in [1.82, 2.24) is 0 Å². The summed E-state index contributed by atoms with van der Waals surface area (Å²) < 4.78 is 0. The molecule has 1 atom stereocenters. The summed E-state index contributed by atoms with van der Waals surface area (Å²) in [5.74, 6) is 0. The third-order valence-electron chi connectivity index (χ3n) is 4.02. The molecular weight excluding hydrogens is 230 g/mol. The molecular formula is C18H31N. The molecule has 0 bridgehead atoms. The molecule has 0 saturated carbocycles. The smallest absolute Gasteiger partial charge is 0.0409 e. The molecule has 2 N–H and O–H groups in total. The van der Waals surface area contributed by atoms with E-state index in [4.69, 9.17) is 5.73 Å². The van der Waals surface area contributed by atoms with Gasteiger partial charge in [0, 0.05) is 5.54 Å². The lowest BCUT2D eigenvalue weighted by Gasteiger charge is -2.30. The minimum absolute atomic E-state index is 0.110. The first kappa shape index (κ1) is 16.2. The monoisotopic (exact) mass is 261 g/mol. The van der Waals surface area contributed by atoms with E-state index < -0.39 is 0 Å². The van der Waals surface area contributed by atoms with E-state index in [1.807, 2.05) is 0 Å². The van der Waals surface area contributed by atoms with Gasteiger partial charge in [0.05, 0.1) is 0 Å². The van der Waals surface area contributed by atoms with Gasteiger partial charge in [0.1, 0.15) is 0 Å². The second-order valence-electron chi connectivity index (χ2n) is 5.79. The van der Waals surface area contributed by atoms with E-state index in [2.05, 4.69) is 44.2 Å². The summed E-state index contributed by atoms with van der Waals surface area (Å²) in [7, 11) is 0. The van der Waals surface area contributed by atoms with E-state index in [1.54, 1.807) is 0 Å². The molecule has 1 heteroatoms. The summed E-state index contributed by atoms with van der Waals surface area (Å²) in [5, 5.41) is 0. The lowest BCUT2D eigenvalue weighted by atomic mass is 9.82. The maximum absolute atomic E-state index is 6.67. The van der Waals surface area contributed by atoms with Gasteiger partial charge in [-0.2, -0.15) is 0 Å². The fraction of sp³-hybridized carbons (Fsp3) is 0.667. The first-order chi connectivity index (χ1) is 9.23. The van der Waals surface area contributed by atoms with Gasteiger partial charge < -0.3 is 5.73 Å². The molecule has 0 aliphatic carbocycles. The van der Waals surface area contributed by atoms with Crippen molar-refractivity contribution >= 4 is 0 Å². The van der Waals surface area contributed by atoms with Crippen LogP contribution in [0.4, 0.5) is 0 Å². The van der Waals surface area contributed by atoms with Crippen molar-refractivity contribution in [2.24, 2.45) is 5.73 Å². The molecule has 108 valence electrons. The van der Waals surface area contributed by atoms with Gasteiger partial charge in [-0.05, 0) is 18.4 Å². The van der Waals surface area contributed by atoms with E-state index in [0.717, 1.165) is 19.3 Å². The number of hydrogen-bond acceptors (Lipinski definition) is 1. The lowest BCUT2D eigenvalue weighted by Crippen LogP contribution is -2.36. The van der Waals surface area contributed by atoms with Gasteiger partial charge >= 0.3 is 0 Å². The zero-order chi connectivity index (χ0) is 14.0. The first-order valence-electron chi connectivity index (χ1n) is 8.07. The Morgan fingerprint density at radius 2 is 1.42 bits per heavy atom. The Morgan fingerprint density at radius 3 is 2.05 bits per heavy atom. The van der Waals surface area contributed by atoms with Gasteiger partial charge in [0.25, 0.3) is 0 Å². The summed E-state index contributed by atoms with van der Waals surface area (Å²) in [4.78, 5) is 0. The van der Waals surface area contributed by atoms with Gasteiger partial charge in [-0.25, -0.2) is 0 Å². The molecule has 1 nitrogen and oxygen atoms in total. The van der Waals surface area contributed by atoms with E-state index in [0.29, 0.717) is 0 Å². The Kier molecular flexibility index (Phi) is 7.81. The Morgan fingerprint density at radius 1 is 0.789 bits per heavy atom. The summed E-state index contributed by atoms with van der Waals surface area (Å²) in [6.07, 6.45) is 11.4. The second kappa shape index (κ2) is 9.14. The highest BCUT2D eigenvalue weighted by Crippen LogP contribution is 2.29. The summed E-state index contributed by atoms with van der Waals surface area (Å²) >= 11 is 0. The molecule has 0 fully saturated rings. The van der Waals surface area contributed by atoms with Crippen LogP contribution in [0.25, 0.3) is 0 Å². The van der Waals surface area contributed by atoms with Gasteiger partial charge in [0.2, 0.25) is 0 Å². The SMILES string of the molecule is CCCCCCCCC(N)(CCC)c1ccccc1. The molecule has 0 aromatic heterocycles. The molecule has 0 radical (unpaired) electrons. The summed E-state index contributed by atoms with van der Waals surface area (Å²) in [6.45, 7) is 4.49. The van der Waals surface area contributed by atoms with Crippen LogP contribution in [0, 0.1) is 0 Å². The molecule has 0 spiro atoms. The third-order valence-corrected chi connectivity index (χ3v) is 4.02. The van der Waals surface area contributed by atoms with Crippen LogP contribution in [0.5, 0.6) is 0 Å². The number of unbranched alkanes of at least 4 members (excludes halogenated alkanes) is 5. The molecule has 0 heterocycles. The molecule has 0 saturated heterocycles. The van der Waals surface area contributed by atoms with Gasteiger partial charge in [-0.3, -0.25) is 0 Å². The lowest BCUT2D eigenvalue weighted by molar-refractivity contribution is 0.355. The molecule has 1 aromatic carbocycles. The topological polar surface area (TPSA) is 26.0 Å². The fourth-order valence-electron chi connectivity index (χ4n) is 2.85. The van der Waals surface area contributed by atoms with Crippen LogP contribution in [0.2, 0.25) is 0 Å². The van der Waals surface area contributed by atoms with E-state index in [-0.39, 0.29) is 5.54 Å². The second-order valence-corrected chi connectivity index (χ2v) is 5.79. The molecule has 1 rings (SSSR count). The van der Waals surface area contributed by atoms with Gasteiger partial charge in [-0.1, -0.05) is 89.1 Å². The van der Waals surface area contributed by atoms with Crippen LogP contribution in [0.15, 0.2) is 30.3 Å². The third kappa shape index (κ3) is 5.78. The minimum atomic E-state index is -0.110. The van der Waals surface area contributed by atoms with Crippen molar-refractivity contribution in [2.75, 3.05) is 0 Å². The Balaban J connectivity index is 2.44. The molecule has 0 amide bonds. The Bertz CT molecular complexity index is 320. The molecule has 1 aromatic rings. The maximum Gasteiger partial charge on any atom is 0.0409 e. The van der Waals surface area contributed by atoms with Crippen LogP contribution >= 0.6 is 0 Å². The minimum Gasteiger partial charge on any atom is -0.321 e. The van der Waals surface area contributed by atoms with Crippen molar-refractivity contribution in [3.63, 3.8) is 0 Å². The molecule has 1 unspecified atom stereocenters. The number of rotatable bonds is 10. The average Bonchev–Trinajstić information content (AvgIpc) is 2.44. The average molecular weight is 261 g/mol. The number of hydrogen-bond donors (Lipinski definition) is 1. The van der Waals surface area contributed by atoms with Crippen LogP contribution in [-0.2, 0) is 5.54 Å². The van der Waals surface area contributed by atoms with Crippen LogP contribution in [0.1, 0.15) is 77.2 Å². The molecule has 0 aliphatic rings. The Labute approximate surface area is 119 Å². The van der Waals surface area contributed by atoms with Crippen LogP contribution in [0.3, 0.4) is 0 Å². The maximum atomic E-state index is 6.67. The molecule has 19 heavy (non-hydrogen) atoms. The van der Waals surface area contributed by atoms with Crippen LogP contribution in [-0.4, -0.2) is 0 Å². The Hall–Kier alpha value is -0.820. The summed E-state index contributed by atoms with van der Waals surface area (Å²) in [5.41, 5.74) is 7.87. The van der Waals surface area contributed by atoms with Gasteiger partial charge in [0.15, 0.2) is 0 Å². The highest BCUT2D eigenvalue weighted by atomic mass is 14.7. The number of benzene rings is 1. The first-order valence-corrected chi connectivity index (χ1v) is 8.07. The largest absolute Gasteiger partial charge is 0.321 e. The van der Waals surface area contributed by atoms with Crippen molar-refractivity contribution < 1.29 is 0 Å². The zero-order valence-electron chi connectivity index (χ0n) is 12.8. The highest BCUT2D eigenvalue weighted by Gasteiger charge is 2.25. The normalized spacial score (nSPS) is 14.3.